The molecule has 2 N–H and O–H groups in total. The SMILES string of the molecule is CC(CCN)CN(C)c1ccc(F)cc1. The maximum absolute atomic E-state index is 12.7. The van der Waals surface area contributed by atoms with Gasteiger partial charge in [0.15, 0.2) is 0 Å². The van der Waals surface area contributed by atoms with Crippen molar-refractivity contribution in [3.8, 4) is 0 Å². The van der Waals surface area contributed by atoms with Crippen molar-refractivity contribution in [3.05, 3.63) is 30.1 Å². The first-order valence-corrected chi connectivity index (χ1v) is 5.30. The lowest BCUT2D eigenvalue weighted by Gasteiger charge is -2.23. The Balaban J connectivity index is 2.53. The van der Waals surface area contributed by atoms with Gasteiger partial charge in [-0.2, -0.15) is 0 Å². The van der Waals surface area contributed by atoms with Gasteiger partial charge in [-0.1, -0.05) is 6.92 Å². The summed E-state index contributed by atoms with van der Waals surface area (Å²) in [5.41, 5.74) is 6.54. The Labute approximate surface area is 90.9 Å². The molecule has 0 aliphatic rings. The minimum atomic E-state index is -0.192. The molecule has 15 heavy (non-hydrogen) atoms. The molecule has 84 valence electrons. The number of rotatable bonds is 5. The smallest absolute Gasteiger partial charge is 0.123 e. The molecule has 0 aromatic heterocycles. The van der Waals surface area contributed by atoms with Gasteiger partial charge in [-0.15, -0.1) is 0 Å². The van der Waals surface area contributed by atoms with Crippen molar-refractivity contribution in [2.45, 2.75) is 13.3 Å². The Morgan fingerprint density at radius 1 is 1.33 bits per heavy atom. The average Bonchev–Trinajstić information content (AvgIpc) is 2.18. The van der Waals surface area contributed by atoms with Crippen LogP contribution in [0.1, 0.15) is 13.3 Å². The van der Waals surface area contributed by atoms with Gasteiger partial charge < -0.3 is 10.6 Å². The van der Waals surface area contributed by atoms with Gasteiger partial charge in [0.05, 0.1) is 0 Å². The summed E-state index contributed by atoms with van der Waals surface area (Å²) in [6.45, 7) is 3.84. The maximum atomic E-state index is 12.7. The summed E-state index contributed by atoms with van der Waals surface area (Å²) in [6, 6.07) is 6.56. The minimum absolute atomic E-state index is 0.192. The number of nitrogens with zero attached hydrogens (tertiary/aromatic N) is 1. The quantitative estimate of drug-likeness (QED) is 0.807. The van der Waals surface area contributed by atoms with Gasteiger partial charge >= 0.3 is 0 Å². The summed E-state index contributed by atoms with van der Waals surface area (Å²) in [5.74, 6) is 0.368. The summed E-state index contributed by atoms with van der Waals surface area (Å²) in [6.07, 6.45) is 1.02. The zero-order chi connectivity index (χ0) is 11.3. The highest BCUT2D eigenvalue weighted by molar-refractivity contribution is 5.45. The van der Waals surface area contributed by atoms with E-state index in [-0.39, 0.29) is 5.82 Å². The monoisotopic (exact) mass is 210 g/mol. The molecule has 2 nitrogen and oxygen atoms in total. The topological polar surface area (TPSA) is 29.3 Å². The molecule has 0 bridgehead atoms. The molecule has 1 atom stereocenters. The molecule has 1 rings (SSSR count). The Bertz CT molecular complexity index is 284. The second kappa shape index (κ2) is 5.71. The zero-order valence-corrected chi connectivity index (χ0v) is 9.41. The summed E-state index contributed by atoms with van der Waals surface area (Å²) in [5, 5.41) is 0. The van der Waals surface area contributed by atoms with Crippen LogP contribution in [0.4, 0.5) is 10.1 Å². The van der Waals surface area contributed by atoms with E-state index >= 15 is 0 Å². The van der Waals surface area contributed by atoms with Crippen LogP contribution in [-0.4, -0.2) is 20.1 Å². The molecule has 0 aliphatic heterocycles. The molecule has 0 fully saturated rings. The summed E-state index contributed by atoms with van der Waals surface area (Å²) in [7, 11) is 2.01. The van der Waals surface area contributed by atoms with Crippen molar-refractivity contribution in [2.75, 3.05) is 25.0 Å². The van der Waals surface area contributed by atoms with E-state index in [1.54, 1.807) is 12.1 Å². The highest BCUT2D eigenvalue weighted by Crippen LogP contribution is 2.15. The number of hydrogen-bond acceptors (Lipinski definition) is 2. The molecule has 0 radical (unpaired) electrons. The average molecular weight is 210 g/mol. The van der Waals surface area contributed by atoms with Crippen molar-refractivity contribution in [3.63, 3.8) is 0 Å². The highest BCUT2D eigenvalue weighted by atomic mass is 19.1. The third-order valence-electron chi connectivity index (χ3n) is 2.51. The van der Waals surface area contributed by atoms with Crippen LogP contribution in [0.3, 0.4) is 0 Å². The van der Waals surface area contributed by atoms with Gasteiger partial charge in [-0.05, 0) is 43.1 Å². The number of hydrogen-bond donors (Lipinski definition) is 1. The zero-order valence-electron chi connectivity index (χ0n) is 9.41. The molecule has 1 aromatic rings. The molecule has 0 amide bonds. The number of anilines is 1. The fourth-order valence-electron chi connectivity index (χ4n) is 1.64. The Morgan fingerprint density at radius 3 is 2.47 bits per heavy atom. The van der Waals surface area contributed by atoms with E-state index in [4.69, 9.17) is 5.73 Å². The second-order valence-electron chi connectivity index (χ2n) is 4.04. The molecule has 1 aromatic carbocycles. The Kier molecular flexibility index (Phi) is 4.56. The van der Waals surface area contributed by atoms with Crippen molar-refractivity contribution in [1.82, 2.24) is 0 Å². The standard InChI is InChI=1S/C12H19FN2/c1-10(7-8-14)9-15(2)12-5-3-11(13)4-6-12/h3-6,10H,7-9,14H2,1-2H3. The van der Waals surface area contributed by atoms with Crippen LogP contribution < -0.4 is 10.6 Å². The van der Waals surface area contributed by atoms with Crippen molar-refractivity contribution >= 4 is 5.69 Å². The lowest BCUT2D eigenvalue weighted by Crippen LogP contribution is -2.25. The van der Waals surface area contributed by atoms with Crippen LogP contribution in [0.15, 0.2) is 24.3 Å². The molecular weight excluding hydrogens is 191 g/mol. The molecule has 1 unspecified atom stereocenters. The van der Waals surface area contributed by atoms with E-state index in [0.717, 1.165) is 25.2 Å². The maximum Gasteiger partial charge on any atom is 0.123 e. The van der Waals surface area contributed by atoms with Gasteiger partial charge in [0.2, 0.25) is 0 Å². The Morgan fingerprint density at radius 2 is 1.93 bits per heavy atom. The number of benzene rings is 1. The molecular formula is C12H19FN2. The number of nitrogens with two attached hydrogens (primary N) is 1. The molecule has 0 saturated heterocycles. The van der Waals surface area contributed by atoms with Crippen molar-refractivity contribution in [2.24, 2.45) is 11.7 Å². The van der Waals surface area contributed by atoms with E-state index in [1.807, 2.05) is 7.05 Å². The fourth-order valence-corrected chi connectivity index (χ4v) is 1.64. The summed E-state index contributed by atoms with van der Waals surface area (Å²) in [4.78, 5) is 2.12. The van der Waals surface area contributed by atoms with E-state index in [9.17, 15) is 4.39 Å². The van der Waals surface area contributed by atoms with Gasteiger partial charge in [-0.3, -0.25) is 0 Å². The van der Waals surface area contributed by atoms with E-state index < -0.39 is 0 Å². The summed E-state index contributed by atoms with van der Waals surface area (Å²) >= 11 is 0. The first kappa shape index (κ1) is 12.0. The fraction of sp³-hybridized carbons (Fsp3) is 0.500. The van der Waals surface area contributed by atoms with Crippen LogP contribution in [0.25, 0.3) is 0 Å². The van der Waals surface area contributed by atoms with Gasteiger partial charge in [0.25, 0.3) is 0 Å². The van der Waals surface area contributed by atoms with E-state index in [1.165, 1.54) is 12.1 Å². The lowest BCUT2D eigenvalue weighted by atomic mass is 10.1. The molecule has 0 spiro atoms. The van der Waals surface area contributed by atoms with Crippen LogP contribution >= 0.6 is 0 Å². The van der Waals surface area contributed by atoms with Crippen LogP contribution in [0.2, 0.25) is 0 Å². The predicted molar refractivity (Wildman–Crippen MR) is 62.5 cm³/mol. The second-order valence-corrected chi connectivity index (χ2v) is 4.04. The lowest BCUT2D eigenvalue weighted by molar-refractivity contribution is 0.539. The van der Waals surface area contributed by atoms with Gasteiger partial charge in [-0.25, -0.2) is 4.39 Å². The summed E-state index contributed by atoms with van der Waals surface area (Å²) < 4.78 is 12.7. The highest BCUT2D eigenvalue weighted by Gasteiger charge is 2.06. The first-order valence-electron chi connectivity index (χ1n) is 5.30. The molecule has 0 aliphatic carbocycles. The van der Waals surface area contributed by atoms with Crippen molar-refractivity contribution < 1.29 is 4.39 Å². The normalized spacial score (nSPS) is 12.5. The van der Waals surface area contributed by atoms with Crippen LogP contribution in [0, 0.1) is 11.7 Å². The van der Waals surface area contributed by atoms with Gasteiger partial charge in [0, 0.05) is 19.3 Å². The molecule has 0 saturated carbocycles. The molecule has 3 heteroatoms. The first-order chi connectivity index (χ1) is 7.13. The third-order valence-corrected chi connectivity index (χ3v) is 2.51. The largest absolute Gasteiger partial charge is 0.374 e. The third kappa shape index (κ3) is 3.88. The minimum Gasteiger partial charge on any atom is -0.374 e. The predicted octanol–water partition coefficient (Wildman–Crippen LogP) is 2.25. The molecule has 0 heterocycles. The van der Waals surface area contributed by atoms with Crippen LogP contribution in [-0.2, 0) is 0 Å². The van der Waals surface area contributed by atoms with Crippen molar-refractivity contribution in [1.29, 1.82) is 0 Å². The van der Waals surface area contributed by atoms with E-state index in [0.29, 0.717) is 5.92 Å². The van der Waals surface area contributed by atoms with E-state index in [2.05, 4.69) is 11.8 Å². The van der Waals surface area contributed by atoms with Gasteiger partial charge in [0.1, 0.15) is 5.82 Å². The van der Waals surface area contributed by atoms with Crippen LogP contribution in [0.5, 0.6) is 0 Å². The number of halogens is 1. The Hall–Kier alpha value is -1.09.